The number of aliphatic hydroxyl groups is 1. The topological polar surface area (TPSA) is 65.5 Å². The smallest absolute Gasteiger partial charge is 0.317 e. The molecule has 1 aliphatic rings. The fraction of sp³-hybridized carbons (Fsp3) is 0.714. The van der Waals surface area contributed by atoms with Crippen LogP contribution in [0.25, 0.3) is 0 Å². The highest BCUT2D eigenvalue weighted by Gasteiger charge is 2.25. The van der Waals surface area contributed by atoms with Crippen LogP contribution in [0.3, 0.4) is 0 Å². The van der Waals surface area contributed by atoms with E-state index in [0.717, 1.165) is 42.9 Å². The van der Waals surface area contributed by atoms with Gasteiger partial charge in [-0.1, -0.05) is 6.92 Å². The van der Waals surface area contributed by atoms with Gasteiger partial charge in [-0.15, -0.1) is 11.3 Å². The van der Waals surface area contributed by atoms with Crippen LogP contribution in [0, 0.1) is 0 Å². The number of hydrogen-bond donors (Lipinski definition) is 2. The van der Waals surface area contributed by atoms with E-state index in [0.29, 0.717) is 13.0 Å². The van der Waals surface area contributed by atoms with E-state index in [9.17, 15) is 4.79 Å². The van der Waals surface area contributed by atoms with Crippen molar-refractivity contribution in [1.29, 1.82) is 0 Å². The van der Waals surface area contributed by atoms with Crippen LogP contribution < -0.4 is 5.32 Å². The lowest BCUT2D eigenvalue weighted by Gasteiger charge is -2.35. The Morgan fingerprint density at radius 3 is 3.15 bits per heavy atom. The summed E-state index contributed by atoms with van der Waals surface area (Å²) in [7, 11) is 0. The first-order valence-electron chi connectivity index (χ1n) is 7.33. The lowest BCUT2D eigenvalue weighted by molar-refractivity contribution is 0.131. The van der Waals surface area contributed by atoms with E-state index in [1.807, 2.05) is 10.3 Å². The molecule has 0 aromatic carbocycles. The van der Waals surface area contributed by atoms with Crippen LogP contribution in [-0.2, 0) is 13.0 Å². The summed E-state index contributed by atoms with van der Waals surface area (Å²) in [6, 6.07) is 0.143. The Bertz CT molecular complexity index is 434. The summed E-state index contributed by atoms with van der Waals surface area (Å²) in [6.07, 6.45) is 4.78. The van der Waals surface area contributed by atoms with Gasteiger partial charge in [-0.3, -0.25) is 0 Å². The van der Waals surface area contributed by atoms with Gasteiger partial charge >= 0.3 is 6.03 Å². The molecule has 1 unspecified atom stereocenters. The largest absolute Gasteiger partial charge is 0.396 e. The average molecular weight is 297 g/mol. The predicted octanol–water partition coefficient (Wildman–Crippen LogP) is 2.15. The molecule has 0 spiro atoms. The second-order valence-corrected chi connectivity index (χ2v) is 6.04. The van der Waals surface area contributed by atoms with Crippen LogP contribution in [0.5, 0.6) is 0 Å². The Kier molecular flexibility index (Phi) is 5.79. The number of hydrogen-bond acceptors (Lipinski definition) is 4. The second kappa shape index (κ2) is 7.59. The third kappa shape index (κ3) is 3.93. The number of rotatable bonds is 5. The van der Waals surface area contributed by atoms with Gasteiger partial charge < -0.3 is 15.3 Å². The zero-order valence-corrected chi connectivity index (χ0v) is 12.8. The Labute approximate surface area is 124 Å². The molecule has 1 aromatic rings. The number of thiazole rings is 1. The molecular formula is C14H23N3O2S. The molecule has 2 heterocycles. The van der Waals surface area contributed by atoms with Crippen molar-refractivity contribution in [2.45, 2.75) is 51.6 Å². The average Bonchev–Trinajstić information content (AvgIpc) is 2.94. The maximum atomic E-state index is 12.2. The molecule has 1 atom stereocenters. The van der Waals surface area contributed by atoms with Crippen molar-refractivity contribution in [3.05, 3.63) is 16.1 Å². The molecular weight excluding hydrogens is 274 g/mol. The Hall–Kier alpha value is -1.14. The molecule has 0 aliphatic carbocycles. The number of likely N-dealkylation sites (tertiary alicyclic amines) is 1. The highest BCUT2D eigenvalue weighted by atomic mass is 32.1. The van der Waals surface area contributed by atoms with Gasteiger partial charge in [0.1, 0.15) is 0 Å². The number of urea groups is 1. The SMILES string of the molecule is CCc1nc(CNC(=O)N2CCCCC2CCO)cs1. The van der Waals surface area contributed by atoms with Gasteiger partial charge in [0.05, 0.1) is 17.2 Å². The lowest BCUT2D eigenvalue weighted by Crippen LogP contribution is -2.48. The first-order valence-corrected chi connectivity index (χ1v) is 8.21. The van der Waals surface area contributed by atoms with Crippen LogP contribution in [-0.4, -0.2) is 40.2 Å². The monoisotopic (exact) mass is 297 g/mol. The lowest BCUT2D eigenvalue weighted by atomic mass is 10.0. The highest BCUT2D eigenvalue weighted by molar-refractivity contribution is 7.09. The van der Waals surface area contributed by atoms with Crippen molar-refractivity contribution in [1.82, 2.24) is 15.2 Å². The van der Waals surface area contributed by atoms with Crippen molar-refractivity contribution in [3.8, 4) is 0 Å². The molecule has 1 aliphatic heterocycles. The fourth-order valence-electron chi connectivity index (χ4n) is 2.58. The standard InChI is InChI=1S/C14H23N3O2S/c1-2-13-16-11(10-20-13)9-15-14(19)17-7-4-3-5-12(17)6-8-18/h10,12,18H,2-9H2,1H3,(H,15,19). The fourth-order valence-corrected chi connectivity index (χ4v) is 3.32. The minimum Gasteiger partial charge on any atom is -0.396 e. The molecule has 1 saturated heterocycles. The molecule has 20 heavy (non-hydrogen) atoms. The molecule has 2 rings (SSSR count). The normalized spacial score (nSPS) is 19.1. The third-order valence-electron chi connectivity index (χ3n) is 3.67. The van der Waals surface area contributed by atoms with Crippen molar-refractivity contribution in [2.24, 2.45) is 0 Å². The van der Waals surface area contributed by atoms with Gasteiger partial charge in [-0.25, -0.2) is 9.78 Å². The zero-order chi connectivity index (χ0) is 14.4. The van der Waals surface area contributed by atoms with Gasteiger partial charge in [0.15, 0.2) is 0 Å². The Morgan fingerprint density at radius 2 is 2.45 bits per heavy atom. The number of amides is 2. The van der Waals surface area contributed by atoms with Crippen LogP contribution in [0.15, 0.2) is 5.38 Å². The van der Waals surface area contributed by atoms with Gasteiger partial charge in [-0.2, -0.15) is 0 Å². The maximum Gasteiger partial charge on any atom is 0.317 e. The number of carbonyl (C=O) groups is 1. The molecule has 2 amide bonds. The van der Waals surface area contributed by atoms with Crippen LogP contribution in [0.2, 0.25) is 0 Å². The minimum absolute atomic E-state index is 0.0331. The summed E-state index contributed by atoms with van der Waals surface area (Å²) in [4.78, 5) is 18.6. The zero-order valence-electron chi connectivity index (χ0n) is 12.0. The van der Waals surface area contributed by atoms with Crippen molar-refractivity contribution >= 4 is 17.4 Å². The number of aryl methyl sites for hydroxylation is 1. The molecule has 1 fully saturated rings. The number of nitrogens with one attached hydrogen (secondary N) is 1. The highest BCUT2D eigenvalue weighted by Crippen LogP contribution is 2.19. The number of piperidine rings is 1. The molecule has 5 nitrogen and oxygen atoms in total. The summed E-state index contributed by atoms with van der Waals surface area (Å²) < 4.78 is 0. The molecule has 0 bridgehead atoms. The van der Waals surface area contributed by atoms with Crippen LogP contribution >= 0.6 is 11.3 Å². The van der Waals surface area contributed by atoms with Gasteiger partial charge in [-0.05, 0) is 32.1 Å². The first kappa shape index (κ1) is 15.3. The minimum atomic E-state index is -0.0331. The maximum absolute atomic E-state index is 12.2. The van der Waals surface area contributed by atoms with E-state index < -0.39 is 0 Å². The first-order chi connectivity index (χ1) is 9.74. The Morgan fingerprint density at radius 1 is 1.60 bits per heavy atom. The summed E-state index contributed by atoms with van der Waals surface area (Å²) in [6.45, 7) is 3.49. The van der Waals surface area contributed by atoms with E-state index >= 15 is 0 Å². The van der Waals surface area contributed by atoms with Crippen molar-refractivity contribution in [3.63, 3.8) is 0 Å². The summed E-state index contributed by atoms with van der Waals surface area (Å²) in [5.41, 5.74) is 0.927. The number of aliphatic hydroxyl groups excluding tert-OH is 1. The van der Waals surface area contributed by atoms with Crippen molar-refractivity contribution < 1.29 is 9.90 Å². The summed E-state index contributed by atoms with van der Waals surface area (Å²) >= 11 is 1.64. The number of aromatic nitrogens is 1. The van der Waals surface area contributed by atoms with E-state index in [1.54, 1.807) is 11.3 Å². The molecule has 1 aromatic heterocycles. The number of carbonyl (C=O) groups excluding carboxylic acids is 1. The van der Waals surface area contributed by atoms with E-state index in [-0.39, 0.29) is 18.7 Å². The molecule has 112 valence electrons. The number of nitrogens with zero attached hydrogens (tertiary/aromatic N) is 2. The summed E-state index contributed by atoms with van der Waals surface area (Å²) in [5, 5.41) is 15.1. The van der Waals surface area contributed by atoms with E-state index in [1.165, 1.54) is 0 Å². The second-order valence-electron chi connectivity index (χ2n) is 5.10. The predicted molar refractivity (Wildman–Crippen MR) is 79.8 cm³/mol. The van der Waals surface area contributed by atoms with Crippen molar-refractivity contribution in [2.75, 3.05) is 13.2 Å². The molecule has 6 heteroatoms. The van der Waals surface area contributed by atoms with Gasteiger partial charge in [0, 0.05) is 24.6 Å². The summed E-state index contributed by atoms with van der Waals surface area (Å²) in [5.74, 6) is 0. The Balaban J connectivity index is 1.86. The van der Waals surface area contributed by atoms with Crippen LogP contribution in [0.4, 0.5) is 4.79 Å². The quantitative estimate of drug-likeness (QED) is 0.875. The molecule has 0 saturated carbocycles. The van der Waals surface area contributed by atoms with E-state index in [2.05, 4.69) is 17.2 Å². The molecule has 0 radical (unpaired) electrons. The van der Waals surface area contributed by atoms with Crippen LogP contribution in [0.1, 0.15) is 43.3 Å². The third-order valence-corrected chi connectivity index (χ3v) is 4.71. The van der Waals surface area contributed by atoms with Gasteiger partial charge in [0.25, 0.3) is 0 Å². The van der Waals surface area contributed by atoms with E-state index in [4.69, 9.17) is 5.11 Å². The van der Waals surface area contributed by atoms with Gasteiger partial charge in [0.2, 0.25) is 0 Å². The molecule has 2 N–H and O–H groups in total.